The Balaban J connectivity index is 1.47. The Kier molecular flexibility index (Phi) is 4.98. The molecule has 0 aliphatic carbocycles. The van der Waals surface area contributed by atoms with Gasteiger partial charge in [-0.05, 0) is 12.1 Å². The van der Waals surface area contributed by atoms with Crippen molar-refractivity contribution in [2.75, 3.05) is 50.0 Å². The lowest BCUT2D eigenvalue weighted by atomic mass is 10.2. The van der Waals surface area contributed by atoms with Gasteiger partial charge < -0.3 is 15.4 Å². The number of rotatable bonds is 5. The summed E-state index contributed by atoms with van der Waals surface area (Å²) in [7, 11) is 0. The van der Waals surface area contributed by atoms with E-state index in [1.54, 1.807) is 0 Å². The van der Waals surface area contributed by atoms with Crippen LogP contribution in [0.3, 0.4) is 0 Å². The molecule has 3 rings (SSSR count). The summed E-state index contributed by atoms with van der Waals surface area (Å²) in [6, 6.07) is 5.25. The number of nitrogen functional groups attached to an aromatic ring is 1. The van der Waals surface area contributed by atoms with E-state index in [4.69, 9.17) is 10.5 Å². The maximum Gasteiger partial charge on any atom is 0.419 e. The molecule has 3 N–H and O–H groups in total. The molecular formula is C15H19F3N6O. The highest BCUT2D eigenvalue weighted by Crippen LogP contribution is 2.35. The molecular weight excluding hydrogens is 337 g/mol. The standard InChI is InChI=1S/C15H19F3N6O/c16-15(17,18)11-3-1-2-4-12(11)25-10-9-23-5-7-24(8-6-23)14-20-13(19)21-22-14/h1-4H,5-10H2,(H3,19,20,21,22). The lowest BCUT2D eigenvalue weighted by Gasteiger charge is -2.34. The molecule has 0 atom stereocenters. The second-order valence-electron chi connectivity index (χ2n) is 5.69. The van der Waals surface area contributed by atoms with Crippen LogP contribution in [0, 0.1) is 0 Å². The van der Waals surface area contributed by atoms with Gasteiger partial charge in [-0.1, -0.05) is 12.1 Å². The molecule has 0 saturated carbocycles. The summed E-state index contributed by atoms with van der Waals surface area (Å²) in [5.41, 5.74) is 4.74. The molecule has 1 aromatic carbocycles. The van der Waals surface area contributed by atoms with Crippen molar-refractivity contribution in [1.29, 1.82) is 0 Å². The number of hydrogen-bond acceptors (Lipinski definition) is 6. The fourth-order valence-corrected chi connectivity index (χ4v) is 2.70. The number of aromatic nitrogens is 3. The highest BCUT2D eigenvalue weighted by Gasteiger charge is 2.34. The molecule has 10 heteroatoms. The van der Waals surface area contributed by atoms with Gasteiger partial charge in [0.2, 0.25) is 11.9 Å². The second-order valence-corrected chi connectivity index (χ2v) is 5.69. The third-order valence-corrected chi connectivity index (χ3v) is 4.02. The minimum atomic E-state index is -4.42. The van der Waals surface area contributed by atoms with Crippen LogP contribution in [0.25, 0.3) is 0 Å². The zero-order valence-electron chi connectivity index (χ0n) is 13.5. The van der Waals surface area contributed by atoms with E-state index in [1.807, 2.05) is 4.90 Å². The number of halogens is 3. The number of aromatic amines is 1. The monoisotopic (exact) mass is 356 g/mol. The van der Waals surface area contributed by atoms with Gasteiger partial charge in [-0.2, -0.15) is 18.2 Å². The van der Waals surface area contributed by atoms with E-state index in [1.165, 1.54) is 18.2 Å². The quantitative estimate of drug-likeness (QED) is 0.847. The Labute approximate surface area is 142 Å². The average Bonchev–Trinajstić information content (AvgIpc) is 3.01. The molecule has 0 radical (unpaired) electrons. The summed E-state index contributed by atoms with van der Waals surface area (Å²) >= 11 is 0. The smallest absolute Gasteiger partial charge is 0.419 e. The SMILES string of the molecule is Nc1n[nH]c(N2CCN(CCOc3ccccc3C(F)(F)F)CC2)n1. The minimum absolute atomic E-state index is 0.134. The Morgan fingerprint density at radius 2 is 1.88 bits per heavy atom. The van der Waals surface area contributed by atoms with Gasteiger partial charge in [0, 0.05) is 32.7 Å². The van der Waals surface area contributed by atoms with Crippen LogP contribution in [0.15, 0.2) is 24.3 Å². The molecule has 2 heterocycles. The van der Waals surface area contributed by atoms with Crippen LogP contribution < -0.4 is 15.4 Å². The number of benzene rings is 1. The number of nitrogens with two attached hydrogens (primary N) is 1. The summed E-state index contributed by atoms with van der Waals surface area (Å²) in [5, 5.41) is 6.56. The molecule has 0 unspecified atom stereocenters. The maximum absolute atomic E-state index is 12.9. The van der Waals surface area contributed by atoms with E-state index in [0.29, 0.717) is 12.5 Å². The van der Waals surface area contributed by atoms with Crippen molar-refractivity contribution in [3.63, 3.8) is 0 Å². The molecule has 1 fully saturated rings. The maximum atomic E-state index is 12.9. The normalized spacial score (nSPS) is 16.2. The third kappa shape index (κ3) is 4.32. The van der Waals surface area contributed by atoms with E-state index >= 15 is 0 Å². The Hall–Kier alpha value is -2.49. The summed E-state index contributed by atoms with van der Waals surface area (Å²) < 4.78 is 44.1. The van der Waals surface area contributed by atoms with Gasteiger partial charge >= 0.3 is 6.18 Å². The van der Waals surface area contributed by atoms with E-state index < -0.39 is 11.7 Å². The van der Waals surface area contributed by atoms with Crippen LogP contribution in [0.1, 0.15) is 5.56 Å². The van der Waals surface area contributed by atoms with Crippen LogP contribution in [0.5, 0.6) is 5.75 Å². The van der Waals surface area contributed by atoms with Gasteiger partial charge in [-0.25, -0.2) is 5.10 Å². The van der Waals surface area contributed by atoms with Crippen molar-refractivity contribution in [3.05, 3.63) is 29.8 Å². The number of ether oxygens (including phenoxy) is 1. The molecule has 0 bridgehead atoms. The van der Waals surface area contributed by atoms with Gasteiger partial charge in [0.15, 0.2) is 0 Å². The lowest BCUT2D eigenvalue weighted by Crippen LogP contribution is -2.47. The second kappa shape index (κ2) is 7.18. The summed E-state index contributed by atoms with van der Waals surface area (Å²) in [6.45, 7) is 3.72. The highest BCUT2D eigenvalue weighted by molar-refractivity contribution is 5.36. The molecule has 7 nitrogen and oxygen atoms in total. The van der Waals surface area contributed by atoms with Crippen molar-refractivity contribution < 1.29 is 17.9 Å². The largest absolute Gasteiger partial charge is 0.492 e. The van der Waals surface area contributed by atoms with Crippen LogP contribution in [-0.2, 0) is 6.18 Å². The predicted molar refractivity (Wildman–Crippen MR) is 86.4 cm³/mol. The van der Waals surface area contributed by atoms with E-state index in [9.17, 15) is 13.2 Å². The average molecular weight is 356 g/mol. The number of nitrogens with one attached hydrogen (secondary N) is 1. The number of alkyl halides is 3. The fraction of sp³-hybridized carbons (Fsp3) is 0.467. The zero-order chi connectivity index (χ0) is 17.9. The molecule has 0 spiro atoms. The van der Waals surface area contributed by atoms with Gasteiger partial charge in [-0.3, -0.25) is 4.90 Å². The van der Waals surface area contributed by atoms with Crippen LogP contribution >= 0.6 is 0 Å². The van der Waals surface area contributed by atoms with E-state index in [-0.39, 0.29) is 18.3 Å². The minimum Gasteiger partial charge on any atom is -0.492 e. The number of piperazine rings is 1. The van der Waals surface area contributed by atoms with Crippen molar-refractivity contribution in [3.8, 4) is 5.75 Å². The number of H-pyrrole nitrogens is 1. The van der Waals surface area contributed by atoms with Crippen molar-refractivity contribution >= 4 is 11.9 Å². The predicted octanol–water partition coefficient (Wildman–Crippen LogP) is 1.61. The van der Waals surface area contributed by atoms with Gasteiger partial charge in [0.25, 0.3) is 0 Å². The third-order valence-electron chi connectivity index (χ3n) is 4.02. The van der Waals surface area contributed by atoms with Crippen LogP contribution in [0.2, 0.25) is 0 Å². The lowest BCUT2D eigenvalue weighted by molar-refractivity contribution is -0.139. The first-order chi connectivity index (χ1) is 11.9. The summed E-state index contributed by atoms with van der Waals surface area (Å²) in [5.74, 6) is 0.701. The Bertz CT molecular complexity index is 697. The number of para-hydroxylation sites is 1. The molecule has 2 aromatic rings. The molecule has 25 heavy (non-hydrogen) atoms. The van der Waals surface area contributed by atoms with Crippen LogP contribution in [-0.4, -0.2) is 59.4 Å². The first kappa shape index (κ1) is 17.3. The van der Waals surface area contributed by atoms with E-state index in [2.05, 4.69) is 20.1 Å². The first-order valence-electron chi connectivity index (χ1n) is 7.87. The molecule has 0 amide bonds. The van der Waals surface area contributed by atoms with Crippen LogP contribution in [0.4, 0.5) is 25.1 Å². The van der Waals surface area contributed by atoms with Gasteiger partial charge in [0.1, 0.15) is 12.4 Å². The van der Waals surface area contributed by atoms with Crippen molar-refractivity contribution in [2.45, 2.75) is 6.18 Å². The number of anilines is 2. The van der Waals surface area contributed by atoms with E-state index in [0.717, 1.165) is 32.2 Å². The molecule has 136 valence electrons. The molecule has 1 saturated heterocycles. The summed E-state index contributed by atoms with van der Waals surface area (Å²) in [4.78, 5) is 8.24. The first-order valence-corrected chi connectivity index (χ1v) is 7.87. The zero-order valence-corrected chi connectivity index (χ0v) is 13.5. The molecule has 1 aliphatic heterocycles. The van der Waals surface area contributed by atoms with Crippen molar-refractivity contribution in [1.82, 2.24) is 20.1 Å². The Morgan fingerprint density at radius 1 is 1.16 bits per heavy atom. The van der Waals surface area contributed by atoms with Gasteiger partial charge in [0.05, 0.1) is 5.56 Å². The fourth-order valence-electron chi connectivity index (χ4n) is 2.70. The number of nitrogens with zero attached hydrogens (tertiary/aromatic N) is 4. The van der Waals surface area contributed by atoms with Gasteiger partial charge in [-0.15, -0.1) is 5.10 Å². The summed E-state index contributed by atoms with van der Waals surface area (Å²) in [6.07, 6.45) is -4.42. The number of hydrogen-bond donors (Lipinski definition) is 2. The topological polar surface area (TPSA) is 83.3 Å². The molecule has 1 aromatic heterocycles. The Morgan fingerprint density at radius 3 is 2.52 bits per heavy atom. The molecule has 1 aliphatic rings. The van der Waals surface area contributed by atoms with Crippen molar-refractivity contribution in [2.24, 2.45) is 0 Å². The highest BCUT2D eigenvalue weighted by atomic mass is 19.4.